The maximum atomic E-state index is 11.8. The van der Waals surface area contributed by atoms with Gasteiger partial charge in [-0.3, -0.25) is 4.98 Å². The zero-order valence-corrected chi connectivity index (χ0v) is 15.3. The van der Waals surface area contributed by atoms with E-state index in [9.17, 15) is 4.79 Å². The predicted molar refractivity (Wildman–Crippen MR) is 99.4 cm³/mol. The van der Waals surface area contributed by atoms with Crippen LogP contribution in [0.1, 0.15) is 35.0 Å². The average molecular weight is 368 g/mol. The molecule has 1 aliphatic carbocycles. The summed E-state index contributed by atoms with van der Waals surface area (Å²) < 4.78 is 5.04. The van der Waals surface area contributed by atoms with Gasteiger partial charge in [0.1, 0.15) is 0 Å². The number of aromatic nitrogens is 1. The number of benzene rings is 2. The lowest BCUT2D eigenvalue weighted by molar-refractivity contribution is -0.0000230. The minimum atomic E-state index is -0.288. The summed E-state index contributed by atoms with van der Waals surface area (Å²) in [6, 6.07) is 15.7. The molecule has 1 aliphatic rings. The van der Waals surface area contributed by atoms with E-state index in [-0.39, 0.29) is 18.4 Å². The molecule has 4 rings (SSSR count). The number of ether oxygens (including phenoxy) is 1. The number of anilines is 2. The van der Waals surface area contributed by atoms with Crippen LogP contribution in [-0.4, -0.2) is 17.6 Å². The average Bonchev–Trinajstić information content (AvgIpc) is 3.10. The number of esters is 1. The van der Waals surface area contributed by atoms with Crippen molar-refractivity contribution in [3.8, 4) is 0 Å². The number of halogens is 1. The Morgan fingerprint density at radius 1 is 1.12 bits per heavy atom. The van der Waals surface area contributed by atoms with Crippen molar-refractivity contribution in [1.29, 1.82) is 0 Å². The molecule has 0 saturated carbocycles. The molecule has 4 nitrogen and oxygen atoms in total. The third-order valence-corrected chi connectivity index (χ3v) is 4.58. The van der Waals surface area contributed by atoms with Crippen LogP contribution in [0.3, 0.4) is 0 Å². The van der Waals surface area contributed by atoms with Crippen LogP contribution in [0.15, 0.2) is 48.5 Å². The second kappa shape index (κ2) is 7.75. The Labute approximate surface area is 159 Å². The highest BCUT2D eigenvalue weighted by Gasteiger charge is 2.19. The number of hydrogen-bond acceptors (Lipinski definition) is 4. The standard InChI is InChI=1S/C21H20N2O2.ClH/c1-2-25-21(24)14-10-12-15(13-11-14)22-20-16-6-3-4-8-18(16)23-19-9-5-7-17(19)20;/h3-4,6,8,10-13H,2,5,7,9H2,1H3,(H,22,23);1H/p-1. The number of rotatable bonds is 4. The number of pyridine rings is 1. The molecular formula is C21H20ClN2O2-. The largest absolute Gasteiger partial charge is 1.00 e. The first-order chi connectivity index (χ1) is 12.3. The second-order valence-electron chi connectivity index (χ2n) is 6.21. The molecule has 3 aromatic rings. The number of nitrogens with one attached hydrogen (secondary N) is 1. The maximum absolute atomic E-state index is 11.8. The molecular weight excluding hydrogens is 348 g/mol. The molecule has 1 heterocycles. The molecule has 0 spiro atoms. The number of fused-ring (bicyclic) bond motifs is 2. The van der Waals surface area contributed by atoms with Gasteiger partial charge in [-0.05, 0) is 62.1 Å². The summed E-state index contributed by atoms with van der Waals surface area (Å²) >= 11 is 0. The predicted octanol–water partition coefficient (Wildman–Crippen LogP) is 1.65. The van der Waals surface area contributed by atoms with E-state index in [1.165, 1.54) is 11.3 Å². The molecule has 0 atom stereocenters. The van der Waals surface area contributed by atoms with E-state index in [2.05, 4.69) is 17.4 Å². The van der Waals surface area contributed by atoms with Crippen LogP contribution in [0.4, 0.5) is 11.4 Å². The van der Waals surface area contributed by atoms with E-state index in [1.54, 1.807) is 12.1 Å². The number of hydrogen-bond donors (Lipinski definition) is 1. The van der Waals surface area contributed by atoms with Crippen molar-refractivity contribution < 1.29 is 21.9 Å². The van der Waals surface area contributed by atoms with Gasteiger partial charge >= 0.3 is 5.97 Å². The second-order valence-corrected chi connectivity index (χ2v) is 6.21. The topological polar surface area (TPSA) is 51.2 Å². The van der Waals surface area contributed by atoms with Crippen molar-refractivity contribution >= 4 is 28.2 Å². The number of nitrogens with zero attached hydrogens (tertiary/aromatic N) is 1. The lowest BCUT2D eigenvalue weighted by Crippen LogP contribution is -3.00. The van der Waals surface area contributed by atoms with Gasteiger partial charge in [-0.1, -0.05) is 18.2 Å². The van der Waals surface area contributed by atoms with Crippen LogP contribution in [0.2, 0.25) is 0 Å². The summed E-state index contributed by atoms with van der Waals surface area (Å²) in [4.78, 5) is 16.6. The molecule has 134 valence electrons. The molecule has 0 radical (unpaired) electrons. The van der Waals surface area contributed by atoms with Gasteiger partial charge in [-0.25, -0.2) is 4.79 Å². The molecule has 0 unspecified atom stereocenters. The summed E-state index contributed by atoms with van der Waals surface area (Å²) in [6.07, 6.45) is 3.24. The van der Waals surface area contributed by atoms with E-state index >= 15 is 0 Å². The Hall–Kier alpha value is -2.59. The molecule has 1 N–H and O–H groups in total. The van der Waals surface area contributed by atoms with Crippen LogP contribution < -0.4 is 17.7 Å². The fraction of sp³-hybridized carbons (Fsp3) is 0.238. The van der Waals surface area contributed by atoms with Crippen LogP contribution in [-0.2, 0) is 17.6 Å². The van der Waals surface area contributed by atoms with E-state index < -0.39 is 0 Å². The van der Waals surface area contributed by atoms with Gasteiger partial charge in [0.05, 0.1) is 23.4 Å². The molecule has 0 bridgehead atoms. The van der Waals surface area contributed by atoms with E-state index in [4.69, 9.17) is 9.72 Å². The molecule has 2 aromatic carbocycles. The third kappa shape index (κ3) is 3.37. The Bertz CT molecular complexity index is 939. The first kappa shape index (κ1) is 18.2. The van der Waals surface area contributed by atoms with Gasteiger partial charge in [0.15, 0.2) is 0 Å². The first-order valence-corrected chi connectivity index (χ1v) is 8.71. The smallest absolute Gasteiger partial charge is 0.338 e. The summed E-state index contributed by atoms with van der Waals surface area (Å²) in [5.74, 6) is -0.288. The molecule has 0 fully saturated rings. The highest BCUT2D eigenvalue weighted by atomic mass is 35.5. The fourth-order valence-electron chi connectivity index (χ4n) is 3.40. The molecule has 0 amide bonds. The monoisotopic (exact) mass is 367 g/mol. The van der Waals surface area contributed by atoms with E-state index in [0.29, 0.717) is 12.2 Å². The third-order valence-electron chi connectivity index (χ3n) is 4.58. The zero-order chi connectivity index (χ0) is 17.2. The lowest BCUT2D eigenvalue weighted by atomic mass is 10.1. The van der Waals surface area contributed by atoms with Crippen molar-refractivity contribution in [3.63, 3.8) is 0 Å². The van der Waals surface area contributed by atoms with E-state index in [1.807, 2.05) is 31.2 Å². The highest BCUT2D eigenvalue weighted by Crippen LogP contribution is 2.35. The molecule has 0 saturated heterocycles. The number of carbonyl (C=O) groups is 1. The Morgan fingerprint density at radius 2 is 1.88 bits per heavy atom. The molecule has 1 aromatic heterocycles. The lowest BCUT2D eigenvalue weighted by Gasteiger charge is -2.15. The quantitative estimate of drug-likeness (QED) is 0.712. The normalized spacial score (nSPS) is 12.3. The molecule has 0 aliphatic heterocycles. The van der Waals surface area contributed by atoms with Gasteiger partial charge in [0, 0.05) is 16.8 Å². The Morgan fingerprint density at radius 3 is 2.65 bits per heavy atom. The van der Waals surface area contributed by atoms with Crippen molar-refractivity contribution in [2.24, 2.45) is 0 Å². The number of aryl methyl sites for hydroxylation is 1. The fourth-order valence-corrected chi connectivity index (χ4v) is 3.40. The summed E-state index contributed by atoms with van der Waals surface area (Å²) in [5.41, 5.74) is 6.20. The molecule has 5 heteroatoms. The van der Waals surface area contributed by atoms with Gasteiger partial charge in [-0.15, -0.1) is 0 Å². The summed E-state index contributed by atoms with van der Waals surface area (Å²) in [6.45, 7) is 2.19. The van der Waals surface area contributed by atoms with Crippen LogP contribution >= 0.6 is 0 Å². The Balaban J connectivity index is 0.00000196. The van der Waals surface area contributed by atoms with Crippen molar-refractivity contribution in [2.75, 3.05) is 11.9 Å². The summed E-state index contributed by atoms with van der Waals surface area (Å²) in [5, 5.41) is 4.69. The van der Waals surface area contributed by atoms with Gasteiger partial charge in [0.2, 0.25) is 0 Å². The minimum absolute atomic E-state index is 0. The van der Waals surface area contributed by atoms with Crippen LogP contribution in [0.25, 0.3) is 10.9 Å². The Kier molecular flexibility index (Phi) is 5.43. The summed E-state index contributed by atoms with van der Waals surface area (Å²) in [7, 11) is 0. The van der Waals surface area contributed by atoms with Crippen molar-refractivity contribution in [2.45, 2.75) is 26.2 Å². The highest BCUT2D eigenvalue weighted by molar-refractivity contribution is 5.96. The van der Waals surface area contributed by atoms with Gasteiger partial charge in [-0.2, -0.15) is 0 Å². The number of carbonyl (C=O) groups excluding carboxylic acids is 1. The van der Waals surface area contributed by atoms with Gasteiger partial charge in [0.25, 0.3) is 0 Å². The first-order valence-electron chi connectivity index (χ1n) is 8.71. The SMILES string of the molecule is CCOC(=O)c1ccc(Nc2c3c(nc4ccccc24)CCC3)cc1.[Cl-]. The molecule has 26 heavy (non-hydrogen) atoms. The van der Waals surface area contributed by atoms with Crippen molar-refractivity contribution in [3.05, 3.63) is 65.4 Å². The van der Waals surface area contributed by atoms with Crippen LogP contribution in [0, 0.1) is 0 Å². The minimum Gasteiger partial charge on any atom is -1.00 e. The van der Waals surface area contributed by atoms with Crippen molar-refractivity contribution in [1.82, 2.24) is 4.98 Å². The van der Waals surface area contributed by atoms with E-state index in [0.717, 1.165) is 41.5 Å². The number of para-hydroxylation sites is 1. The van der Waals surface area contributed by atoms with Gasteiger partial charge < -0.3 is 22.5 Å². The van der Waals surface area contributed by atoms with Crippen LogP contribution in [0.5, 0.6) is 0 Å². The zero-order valence-electron chi connectivity index (χ0n) is 14.6. The maximum Gasteiger partial charge on any atom is 0.338 e.